The summed E-state index contributed by atoms with van der Waals surface area (Å²) >= 11 is 0. The highest BCUT2D eigenvalue weighted by atomic mass is 31.2. The minimum Gasteiger partial charge on any atom is -0.395 e. The Bertz CT molecular complexity index is 1560. The highest BCUT2D eigenvalue weighted by Gasteiger charge is 2.35. The first-order valence-electron chi connectivity index (χ1n) is 11.5. The molecule has 11 heteroatoms. The largest absolute Gasteiger partial charge is 0.395 e. The minimum absolute atomic E-state index is 0.129. The number of aryl methyl sites for hydroxylation is 2. The number of nitrogens with zero attached hydrogens (tertiary/aromatic N) is 5. The molecule has 186 valence electrons. The molecule has 1 aliphatic heterocycles. The zero-order chi connectivity index (χ0) is 25.8. The van der Waals surface area contributed by atoms with Gasteiger partial charge in [-0.15, -0.1) is 10.2 Å². The molecule has 1 unspecified atom stereocenters. The summed E-state index contributed by atoms with van der Waals surface area (Å²) in [4.78, 5) is 14.9. The number of amides is 1. The van der Waals surface area contributed by atoms with Gasteiger partial charge in [-0.25, -0.2) is 4.39 Å². The second-order valence-electron chi connectivity index (χ2n) is 9.53. The van der Waals surface area contributed by atoms with Crippen molar-refractivity contribution in [2.24, 2.45) is 7.05 Å². The number of nitrogens with one attached hydrogen (secondary N) is 1. The molecule has 0 saturated carbocycles. The van der Waals surface area contributed by atoms with E-state index in [4.69, 9.17) is 5.73 Å². The van der Waals surface area contributed by atoms with E-state index in [1.807, 2.05) is 31.1 Å². The number of carbonyl (C=O) groups is 1. The Morgan fingerprint density at radius 1 is 1.19 bits per heavy atom. The quantitative estimate of drug-likeness (QED) is 0.313. The molecule has 0 bridgehead atoms. The lowest BCUT2D eigenvalue weighted by molar-refractivity contribution is -0.118. The van der Waals surface area contributed by atoms with Crippen LogP contribution in [-0.2, 0) is 16.4 Å². The van der Waals surface area contributed by atoms with Crippen molar-refractivity contribution in [3.05, 3.63) is 54.1 Å². The zero-order valence-corrected chi connectivity index (χ0v) is 21.4. The number of benzene rings is 2. The van der Waals surface area contributed by atoms with Crippen LogP contribution < -0.4 is 21.3 Å². The van der Waals surface area contributed by atoms with E-state index in [-0.39, 0.29) is 34.5 Å². The molecule has 1 atom stereocenters. The molecule has 3 N–H and O–H groups in total. The number of hydrogen-bond donors (Lipinski definition) is 2. The maximum absolute atomic E-state index is 15.4. The predicted molar refractivity (Wildman–Crippen MR) is 141 cm³/mol. The molecular weight excluding hydrogens is 480 g/mol. The fraction of sp³-hybridized carbons (Fsp3) is 0.280. The molecule has 0 spiro atoms. The first-order chi connectivity index (χ1) is 17.0. The smallest absolute Gasteiger partial charge is 0.248 e. The van der Waals surface area contributed by atoms with Crippen molar-refractivity contribution >= 4 is 46.4 Å². The highest BCUT2D eigenvalue weighted by Crippen LogP contribution is 2.39. The lowest BCUT2D eigenvalue weighted by Crippen LogP contribution is -2.54. The van der Waals surface area contributed by atoms with Crippen LogP contribution in [0.4, 0.5) is 21.6 Å². The Morgan fingerprint density at radius 2 is 1.97 bits per heavy atom. The lowest BCUT2D eigenvalue weighted by atomic mass is 9.97. The Hall–Kier alpha value is -3.78. The van der Waals surface area contributed by atoms with Gasteiger partial charge < -0.3 is 20.5 Å². The first kappa shape index (κ1) is 23.9. The predicted octanol–water partition coefficient (Wildman–Crippen LogP) is 3.53. The molecule has 1 aliphatic rings. The summed E-state index contributed by atoms with van der Waals surface area (Å²) in [5.74, 6) is -0.573. The number of rotatable bonds is 5. The fourth-order valence-electron chi connectivity index (χ4n) is 4.42. The zero-order valence-electron chi connectivity index (χ0n) is 20.5. The molecule has 3 heterocycles. The van der Waals surface area contributed by atoms with E-state index in [1.54, 1.807) is 48.5 Å². The van der Waals surface area contributed by atoms with Crippen LogP contribution in [0, 0.1) is 12.7 Å². The normalized spacial score (nSPS) is 15.7. The molecule has 0 aliphatic carbocycles. The molecule has 1 saturated heterocycles. The molecule has 4 aromatic rings. The van der Waals surface area contributed by atoms with Crippen LogP contribution in [0.5, 0.6) is 0 Å². The van der Waals surface area contributed by atoms with Crippen molar-refractivity contribution in [2.75, 3.05) is 35.8 Å². The van der Waals surface area contributed by atoms with Crippen molar-refractivity contribution in [1.29, 1.82) is 0 Å². The summed E-state index contributed by atoms with van der Waals surface area (Å²) in [6, 6.07) is 8.31. The Kier molecular flexibility index (Phi) is 5.79. The van der Waals surface area contributed by atoms with E-state index in [1.165, 1.54) is 0 Å². The Labute approximate surface area is 207 Å². The maximum Gasteiger partial charge on any atom is 0.248 e. The molecule has 1 amide bonds. The molecule has 2 aromatic carbocycles. The van der Waals surface area contributed by atoms with Gasteiger partial charge in [0.2, 0.25) is 5.91 Å². The van der Waals surface area contributed by atoms with Crippen LogP contribution in [0.1, 0.15) is 12.0 Å². The van der Waals surface area contributed by atoms with Gasteiger partial charge in [-0.1, -0.05) is 12.1 Å². The highest BCUT2D eigenvalue weighted by molar-refractivity contribution is 7.70. The Balaban J connectivity index is 1.48. The monoisotopic (exact) mass is 507 g/mol. The van der Waals surface area contributed by atoms with Crippen LogP contribution >= 0.6 is 7.14 Å². The summed E-state index contributed by atoms with van der Waals surface area (Å²) in [6.07, 6.45) is 4.29. The average Bonchev–Trinajstić information content (AvgIpc) is 3.20. The van der Waals surface area contributed by atoms with Gasteiger partial charge in [0.1, 0.15) is 18.7 Å². The summed E-state index contributed by atoms with van der Waals surface area (Å²) in [7, 11) is -0.724. The van der Waals surface area contributed by atoms with E-state index in [0.717, 1.165) is 17.8 Å². The molecule has 36 heavy (non-hydrogen) atoms. The molecule has 9 nitrogen and oxygen atoms in total. The number of fused-ring (bicyclic) bond motifs is 1. The molecule has 2 aromatic heterocycles. The second kappa shape index (κ2) is 8.71. The van der Waals surface area contributed by atoms with Gasteiger partial charge in [-0.2, -0.15) is 5.10 Å². The standard InChI is InChI=1S/C25H27FN7O2P/c1-14-5-6-17(36(3,4)35)11-18(14)19-9-15-10-21(30-31-24(15)23(27)22(19)26)29-25(34)20-7-8-33(20)16-12-28-32(2)13-16/h5-6,9-13,20H,7-8,27H2,1-4H3,(H,29,30,34). The SMILES string of the molecule is Cc1ccc(P(C)(C)=O)cc1-c1cc2cc(NC(=O)C3CCN3c3cnn(C)c3)nnc2c(N)c1F. The summed E-state index contributed by atoms with van der Waals surface area (Å²) in [5, 5.41) is 16.3. The number of halogens is 1. The van der Waals surface area contributed by atoms with Gasteiger partial charge in [0.15, 0.2) is 11.6 Å². The van der Waals surface area contributed by atoms with Crippen molar-refractivity contribution < 1.29 is 13.8 Å². The number of carbonyl (C=O) groups excluding carboxylic acids is 1. The summed E-state index contributed by atoms with van der Waals surface area (Å²) < 4.78 is 29.7. The van der Waals surface area contributed by atoms with E-state index in [0.29, 0.717) is 22.7 Å². The topological polar surface area (TPSA) is 119 Å². The van der Waals surface area contributed by atoms with Gasteiger partial charge in [0.25, 0.3) is 0 Å². The minimum atomic E-state index is -2.55. The van der Waals surface area contributed by atoms with E-state index in [2.05, 4.69) is 20.6 Å². The lowest BCUT2D eigenvalue weighted by Gasteiger charge is -2.40. The third-order valence-electron chi connectivity index (χ3n) is 6.58. The van der Waals surface area contributed by atoms with Crippen molar-refractivity contribution in [1.82, 2.24) is 20.0 Å². The van der Waals surface area contributed by atoms with Crippen molar-refractivity contribution in [2.45, 2.75) is 19.4 Å². The van der Waals surface area contributed by atoms with Crippen LogP contribution in [-0.4, -0.2) is 51.8 Å². The van der Waals surface area contributed by atoms with Crippen molar-refractivity contribution in [3.8, 4) is 11.1 Å². The van der Waals surface area contributed by atoms with Crippen LogP contribution in [0.2, 0.25) is 0 Å². The number of aromatic nitrogens is 4. The third kappa shape index (κ3) is 4.22. The van der Waals surface area contributed by atoms with E-state index in [9.17, 15) is 9.36 Å². The van der Waals surface area contributed by atoms with Gasteiger partial charge in [0.05, 0.1) is 17.6 Å². The Morgan fingerprint density at radius 3 is 2.61 bits per heavy atom. The van der Waals surface area contributed by atoms with Gasteiger partial charge in [-0.3, -0.25) is 9.48 Å². The first-order valence-corrected chi connectivity index (χ1v) is 14.1. The number of hydrogen-bond acceptors (Lipinski definition) is 7. The van der Waals surface area contributed by atoms with Gasteiger partial charge >= 0.3 is 0 Å². The maximum atomic E-state index is 15.4. The molecule has 5 rings (SSSR count). The van der Waals surface area contributed by atoms with Crippen LogP contribution in [0.15, 0.2) is 42.7 Å². The summed E-state index contributed by atoms with van der Waals surface area (Å²) in [5.41, 5.74) is 8.77. The second-order valence-corrected chi connectivity index (χ2v) is 12.7. The molecule has 1 fully saturated rings. The van der Waals surface area contributed by atoms with Crippen molar-refractivity contribution in [3.63, 3.8) is 0 Å². The fourth-order valence-corrected chi connectivity index (χ4v) is 5.29. The third-order valence-corrected chi connectivity index (χ3v) is 8.10. The number of nitrogen functional groups attached to an aromatic ring is 1. The average molecular weight is 508 g/mol. The molecule has 0 radical (unpaired) electrons. The van der Waals surface area contributed by atoms with Crippen LogP contribution in [0.3, 0.4) is 0 Å². The van der Waals surface area contributed by atoms with E-state index >= 15 is 4.39 Å². The summed E-state index contributed by atoms with van der Waals surface area (Å²) in [6.45, 7) is 5.97. The van der Waals surface area contributed by atoms with Gasteiger partial charge in [-0.05, 0) is 56.0 Å². The number of nitrogens with two attached hydrogens (primary N) is 1. The van der Waals surface area contributed by atoms with Gasteiger partial charge in [0, 0.05) is 36.0 Å². The number of anilines is 3. The van der Waals surface area contributed by atoms with Crippen LogP contribution in [0.25, 0.3) is 22.0 Å². The molecular formula is C25H27FN7O2P. The van der Waals surface area contributed by atoms with E-state index < -0.39 is 13.0 Å².